The molecule has 5 nitrogen and oxygen atoms in total. The van der Waals surface area contributed by atoms with E-state index in [-0.39, 0.29) is 11.9 Å². The molecule has 0 aliphatic carbocycles. The Morgan fingerprint density at radius 1 is 1.33 bits per heavy atom. The Kier molecular flexibility index (Phi) is 4.92. The molecule has 2 aromatic rings. The number of carbonyl (C=O) groups is 1. The molecule has 1 N–H and O–H groups in total. The number of carbonyl (C=O) groups excluding carboxylic acids is 1. The van der Waals surface area contributed by atoms with Crippen molar-refractivity contribution in [3.8, 4) is 0 Å². The molecule has 0 spiro atoms. The van der Waals surface area contributed by atoms with E-state index in [4.69, 9.17) is 9.15 Å². The predicted molar refractivity (Wildman–Crippen MR) is 94.6 cm³/mol. The number of benzene rings is 1. The van der Waals surface area contributed by atoms with E-state index in [1.165, 1.54) is 0 Å². The average molecular weight is 330 g/mol. The van der Waals surface area contributed by atoms with E-state index in [1.54, 1.807) is 7.11 Å². The van der Waals surface area contributed by atoms with E-state index >= 15 is 0 Å². The molecule has 1 amide bonds. The third-order valence-corrected chi connectivity index (χ3v) is 4.94. The van der Waals surface area contributed by atoms with Gasteiger partial charge in [0.1, 0.15) is 5.58 Å². The maximum Gasteiger partial charge on any atom is 0.290 e. The fourth-order valence-corrected chi connectivity index (χ4v) is 3.55. The van der Waals surface area contributed by atoms with Crippen molar-refractivity contribution in [3.05, 3.63) is 34.6 Å². The van der Waals surface area contributed by atoms with Crippen molar-refractivity contribution >= 4 is 16.9 Å². The monoisotopic (exact) mass is 330 g/mol. The molecule has 1 aromatic carbocycles. The van der Waals surface area contributed by atoms with Crippen LogP contribution in [-0.2, 0) is 4.74 Å². The third kappa shape index (κ3) is 2.94. The van der Waals surface area contributed by atoms with Crippen molar-refractivity contribution in [1.29, 1.82) is 0 Å². The molecular formula is C19H26N2O3. The normalized spacial score (nSPS) is 18.3. The van der Waals surface area contributed by atoms with Gasteiger partial charge in [-0.25, -0.2) is 0 Å². The Labute approximate surface area is 143 Å². The Hall–Kier alpha value is -1.85. The van der Waals surface area contributed by atoms with E-state index in [1.807, 2.05) is 24.8 Å². The van der Waals surface area contributed by atoms with Crippen LogP contribution in [0.4, 0.5) is 0 Å². The molecule has 1 atom stereocenters. The highest BCUT2D eigenvalue weighted by Crippen LogP contribution is 2.31. The number of amides is 1. The summed E-state index contributed by atoms with van der Waals surface area (Å²) in [5.74, 6) is 0.469. The lowest BCUT2D eigenvalue weighted by Gasteiger charge is -2.35. The zero-order valence-electron chi connectivity index (χ0n) is 14.9. The first-order chi connectivity index (χ1) is 11.5. The summed E-state index contributed by atoms with van der Waals surface area (Å²) in [6.07, 6.45) is 0.826. The molecule has 5 heteroatoms. The van der Waals surface area contributed by atoms with Crippen molar-refractivity contribution < 1.29 is 13.9 Å². The third-order valence-electron chi connectivity index (χ3n) is 4.94. The Balaban J connectivity index is 1.97. The van der Waals surface area contributed by atoms with Gasteiger partial charge in [0, 0.05) is 50.3 Å². The van der Waals surface area contributed by atoms with Gasteiger partial charge in [0.05, 0.1) is 0 Å². The average Bonchev–Trinajstić information content (AvgIpc) is 2.95. The number of aryl methyl sites for hydroxylation is 3. The largest absolute Gasteiger partial charge is 0.450 e. The minimum atomic E-state index is -0.00916. The van der Waals surface area contributed by atoms with Crippen LogP contribution >= 0.6 is 0 Å². The first kappa shape index (κ1) is 17.0. The number of nitrogens with one attached hydrogen (secondary N) is 1. The van der Waals surface area contributed by atoms with Crippen molar-refractivity contribution in [2.45, 2.75) is 33.2 Å². The zero-order valence-corrected chi connectivity index (χ0v) is 14.9. The van der Waals surface area contributed by atoms with Gasteiger partial charge < -0.3 is 19.4 Å². The number of piperazine rings is 1. The minimum Gasteiger partial charge on any atom is -0.450 e. The van der Waals surface area contributed by atoms with Crippen molar-refractivity contribution in [2.75, 3.05) is 33.4 Å². The maximum absolute atomic E-state index is 13.1. The molecule has 3 rings (SSSR count). The molecular weight excluding hydrogens is 304 g/mol. The Bertz CT molecular complexity index is 751. The Morgan fingerprint density at radius 2 is 2.08 bits per heavy atom. The van der Waals surface area contributed by atoms with Crippen LogP contribution in [0.25, 0.3) is 11.0 Å². The molecule has 0 bridgehead atoms. The van der Waals surface area contributed by atoms with Crippen LogP contribution in [0.5, 0.6) is 0 Å². The Morgan fingerprint density at radius 3 is 2.79 bits per heavy atom. The molecule has 1 aliphatic heterocycles. The molecule has 1 fully saturated rings. The van der Waals surface area contributed by atoms with Gasteiger partial charge in [-0.2, -0.15) is 0 Å². The summed E-state index contributed by atoms with van der Waals surface area (Å²) in [7, 11) is 1.69. The highest BCUT2D eigenvalue weighted by molar-refractivity contribution is 6.00. The number of hydrogen-bond donors (Lipinski definition) is 1. The lowest BCUT2D eigenvalue weighted by Crippen LogP contribution is -2.54. The number of hydrogen-bond acceptors (Lipinski definition) is 4. The van der Waals surface area contributed by atoms with Gasteiger partial charge in [-0.05, 0) is 38.3 Å². The molecule has 1 aromatic heterocycles. The second-order valence-corrected chi connectivity index (χ2v) is 6.60. The first-order valence-corrected chi connectivity index (χ1v) is 8.54. The molecule has 0 radical (unpaired) electrons. The number of methoxy groups -OCH3 is 1. The van der Waals surface area contributed by atoms with Crippen LogP contribution in [0.1, 0.15) is 33.7 Å². The summed E-state index contributed by atoms with van der Waals surface area (Å²) in [6, 6.07) is 4.27. The molecule has 1 aliphatic rings. The van der Waals surface area contributed by atoms with E-state index in [2.05, 4.69) is 18.3 Å². The van der Waals surface area contributed by atoms with Crippen molar-refractivity contribution in [1.82, 2.24) is 10.2 Å². The summed E-state index contributed by atoms with van der Waals surface area (Å²) in [4.78, 5) is 15.1. The van der Waals surface area contributed by atoms with E-state index < -0.39 is 0 Å². The van der Waals surface area contributed by atoms with Gasteiger partial charge >= 0.3 is 0 Å². The summed E-state index contributed by atoms with van der Waals surface area (Å²) in [6.45, 7) is 9.02. The topological polar surface area (TPSA) is 54.7 Å². The standard InChI is InChI=1S/C19H26N2O3/c1-12-5-6-13(2)17-16(12)14(3)18(24-17)19(22)21-9-8-20-11-15(21)7-10-23-4/h5-6,15,20H,7-11H2,1-4H3. The fourth-order valence-electron chi connectivity index (χ4n) is 3.55. The zero-order chi connectivity index (χ0) is 17.3. The van der Waals surface area contributed by atoms with Gasteiger partial charge in [0.15, 0.2) is 5.76 Å². The molecule has 130 valence electrons. The number of rotatable bonds is 4. The second kappa shape index (κ2) is 6.95. The predicted octanol–water partition coefficient (Wildman–Crippen LogP) is 2.81. The van der Waals surface area contributed by atoms with Crippen LogP contribution in [-0.4, -0.2) is 50.2 Å². The number of fused-ring (bicyclic) bond motifs is 1. The quantitative estimate of drug-likeness (QED) is 0.936. The smallest absolute Gasteiger partial charge is 0.290 e. The van der Waals surface area contributed by atoms with E-state index in [9.17, 15) is 4.79 Å². The van der Waals surface area contributed by atoms with E-state index in [0.717, 1.165) is 47.2 Å². The summed E-state index contributed by atoms with van der Waals surface area (Å²) >= 11 is 0. The van der Waals surface area contributed by atoms with Crippen molar-refractivity contribution in [2.24, 2.45) is 0 Å². The van der Waals surface area contributed by atoms with Gasteiger partial charge in [-0.1, -0.05) is 12.1 Å². The number of ether oxygens (including phenoxy) is 1. The van der Waals surface area contributed by atoms with Gasteiger partial charge in [0.2, 0.25) is 0 Å². The van der Waals surface area contributed by atoms with Crippen molar-refractivity contribution in [3.63, 3.8) is 0 Å². The minimum absolute atomic E-state index is 0.00916. The van der Waals surface area contributed by atoms with Crippen LogP contribution in [0.3, 0.4) is 0 Å². The van der Waals surface area contributed by atoms with E-state index in [0.29, 0.717) is 18.9 Å². The highest BCUT2D eigenvalue weighted by Gasteiger charge is 2.31. The van der Waals surface area contributed by atoms with Crippen LogP contribution in [0.15, 0.2) is 16.5 Å². The number of nitrogens with zero attached hydrogens (tertiary/aromatic N) is 1. The molecule has 2 heterocycles. The molecule has 24 heavy (non-hydrogen) atoms. The lowest BCUT2D eigenvalue weighted by atomic mass is 10.0. The lowest BCUT2D eigenvalue weighted by molar-refractivity contribution is 0.0551. The SMILES string of the molecule is COCCC1CNCCN1C(=O)c1oc2c(C)ccc(C)c2c1C. The van der Waals surface area contributed by atoms with Gasteiger partial charge in [-0.15, -0.1) is 0 Å². The first-order valence-electron chi connectivity index (χ1n) is 8.54. The molecule has 0 saturated carbocycles. The van der Waals surface area contributed by atoms with Gasteiger partial charge in [-0.3, -0.25) is 4.79 Å². The molecule has 1 unspecified atom stereocenters. The van der Waals surface area contributed by atoms with Crippen LogP contribution in [0, 0.1) is 20.8 Å². The van der Waals surface area contributed by atoms with Gasteiger partial charge in [0.25, 0.3) is 5.91 Å². The van der Waals surface area contributed by atoms with Crippen LogP contribution in [0.2, 0.25) is 0 Å². The summed E-state index contributed by atoms with van der Waals surface area (Å²) in [5.41, 5.74) is 3.99. The van der Waals surface area contributed by atoms with Crippen LogP contribution < -0.4 is 5.32 Å². The summed E-state index contributed by atoms with van der Waals surface area (Å²) in [5, 5.41) is 4.43. The second-order valence-electron chi connectivity index (χ2n) is 6.60. The highest BCUT2D eigenvalue weighted by atomic mass is 16.5. The number of furan rings is 1. The summed E-state index contributed by atoms with van der Waals surface area (Å²) < 4.78 is 11.2. The molecule has 1 saturated heterocycles. The fraction of sp³-hybridized carbons (Fsp3) is 0.526. The maximum atomic E-state index is 13.1.